The lowest BCUT2D eigenvalue weighted by molar-refractivity contribution is 0.0994. The zero-order valence-corrected chi connectivity index (χ0v) is 10.1. The number of benzene rings is 1. The maximum absolute atomic E-state index is 11.8. The second-order valence-corrected chi connectivity index (χ2v) is 4.44. The Bertz CT molecular complexity index is 577. The van der Waals surface area contributed by atoms with Crippen LogP contribution in [0.1, 0.15) is 35.2 Å². The summed E-state index contributed by atoms with van der Waals surface area (Å²) in [6.07, 6.45) is 12.6. The van der Waals surface area contributed by atoms with Gasteiger partial charge in [0.15, 0.2) is 5.78 Å². The van der Waals surface area contributed by atoms with Gasteiger partial charge in [0.05, 0.1) is 0 Å². The molecule has 0 heterocycles. The third-order valence-corrected chi connectivity index (χ3v) is 3.14. The first kappa shape index (κ1) is 11.0. The maximum Gasteiger partial charge on any atom is 0.167 e. The molecule has 18 heavy (non-hydrogen) atoms. The third-order valence-electron chi connectivity index (χ3n) is 3.14. The minimum absolute atomic E-state index is 0.158. The lowest BCUT2D eigenvalue weighted by Gasteiger charge is -2.16. The van der Waals surface area contributed by atoms with Crippen LogP contribution in [0.5, 0.6) is 5.75 Å². The Morgan fingerprint density at radius 3 is 2.83 bits per heavy atom. The van der Waals surface area contributed by atoms with Gasteiger partial charge in [-0.1, -0.05) is 30.4 Å². The Morgan fingerprint density at radius 2 is 2.00 bits per heavy atom. The van der Waals surface area contributed by atoms with Crippen molar-refractivity contribution in [3.8, 4) is 5.75 Å². The minimum Gasteiger partial charge on any atom is -0.457 e. The van der Waals surface area contributed by atoms with Crippen molar-refractivity contribution in [1.29, 1.82) is 0 Å². The molecule has 0 unspecified atom stereocenters. The van der Waals surface area contributed by atoms with Crippen molar-refractivity contribution < 1.29 is 9.53 Å². The third kappa shape index (κ3) is 2.02. The van der Waals surface area contributed by atoms with E-state index in [2.05, 4.69) is 12.2 Å². The molecule has 0 radical (unpaired) electrons. The molecular formula is C16H14O2. The van der Waals surface area contributed by atoms with Crippen LogP contribution in [-0.2, 0) is 0 Å². The summed E-state index contributed by atoms with van der Waals surface area (Å²) in [4.78, 5) is 11.8. The Labute approximate surface area is 106 Å². The van der Waals surface area contributed by atoms with Crippen molar-refractivity contribution in [2.75, 3.05) is 0 Å². The fourth-order valence-corrected chi connectivity index (χ4v) is 2.23. The zero-order chi connectivity index (χ0) is 12.4. The van der Waals surface area contributed by atoms with Gasteiger partial charge in [-0.05, 0) is 31.1 Å². The first-order valence-corrected chi connectivity index (χ1v) is 6.22. The number of allylic oxidation sites excluding steroid dienone is 4. The van der Waals surface area contributed by atoms with Gasteiger partial charge in [0.25, 0.3) is 0 Å². The lowest BCUT2D eigenvalue weighted by Crippen LogP contribution is -2.06. The van der Waals surface area contributed by atoms with Crippen molar-refractivity contribution >= 4 is 11.9 Å². The second kappa shape index (κ2) is 4.65. The quantitative estimate of drug-likeness (QED) is 0.781. The van der Waals surface area contributed by atoms with E-state index in [0.717, 1.165) is 35.5 Å². The Morgan fingerprint density at radius 1 is 1.06 bits per heavy atom. The number of carbonyl (C=O) groups excluding carboxylic acids is 1. The molecule has 1 aromatic rings. The van der Waals surface area contributed by atoms with Crippen LogP contribution in [0, 0.1) is 0 Å². The van der Waals surface area contributed by atoms with E-state index in [1.807, 2.05) is 36.4 Å². The highest BCUT2D eigenvalue weighted by Gasteiger charge is 2.17. The molecule has 0 spiro atoms. The summed E-state index contributed by atoms with van der Waals surface area (Å²) < 4.78 is 5.87. The normalized spacial score (nSPS) is 17.3. The first-order valence-electron chi connectivity index (χ1n) is 6.22. The van der Waals surface area contributed by atoms with Crippen molar-refractivity contribution in [2.24, 2.45) is 0 Å². The molecule has 0 saturated carbocycles. The zero-order valence-electron chi connectivity index (χ0n) is 10.1. The SMILES string of the molecule is O=C1CC=Cc2c(OC3=CCCC=C3)cccc21. The molecule has 2 aliphatic rings. The van der Waals surface area contributed by atoms with Gasteiger partial charge in [-0.3, -0.25) is 4.79 Å². The Kier molecular flexibility index (Phi) is 2.85. The first-order chi connectivity index (χ1) is 8.84. The van der Waals surface area contributed by atoms with E-state index in [1.165, 1.54) is 0 Å². The number of hydrogen-bond acceptors (Lipinski definition) is 2. The summed E-state index contributed by atoms with van der Waals surface area (Å²) in [7, 11) is 0. The highest BCUT2D eigenvalue weighted by Crippen LogP contribution is 2.30. The predicted molar refractivity (Wildman–Crippen MR) is 71.5 cm³/mol. The van der Waals surface area contributed by atoms with Gasteiger partial charge in [-0.2, -0.15) is 0 Å². The highest BCUT2D eigenvalue weighted by molar-refractivity contribution is 6.03. The van der Waals surface area contributed by atoms with Gasteiger partial charge < -0.3 is 4.74 Å². The smallest absolute Gasteiger partial charge is 0.167 e. The summed E-state index contributed by atoms with van der Waals surface area (Å²) in [5, 5.41) is 0. The van der Waals surface area contributed by atoms with E-state index in [9.17, 15) is 4.79 Å². The predicted octanol–water partition coefficient (Wildman–Crippen LogP) is 3.90. The summed E-state index contributed by atoms with van der Waals surface area (Å²) in [5.74, 6) is 1.78. The van der Waals surface area contributed by atoms with Crippen LogP contribution in [0.2, 0.25) is 0 Å². The van der Waals surface area contributed by atoms with Crippen LogP contribution < -0.4 is 4.74 Å². The number of Topliss-reactive ketones (excluding diaryl/α,β-unsaturated/α-hetero) is 1. The molecule has 0 atom stereocenters. The molecule has 0 bridgehead atoms. The molecule has 0 saturated heterocycles. The average molecular weight is 238 g/mol. The van der Waals surface area contributed by atoms with E-state index in [4.69, 9.17) is 4.74 Å². The fourth-order valence-electron chi connectivity index (χ4n) is 2.23. The second-order valence-electron chi connectivity index (χ2n) is 4.44. The van der Waals surface area contributed by atoms with Gasteiger partial charge in [0.2, 0.25) is 0 Å². The topological polar surface area (TPSA) is 26.3 Å². The average Bonchev–Trinajstić information content (AvgIpc) is 2.41. The lowest BCUT2D eigenvalue weighted by atomic mass is 9.95. The molecule has 0 N–H and O–H groups in total. The maximum atomic E-state index is 11.8. The molecule has 2 aliphatic carbocycles. The fraction of sp³-hybridized carbons (Fsp3) is 0.188. The van der Waals surface area contributed by atoms with Crippen LogP contribution in [0.3, 0.4) is 0 Å². The molecule has 1 aromatic carbocycles. The van der Waals surface area contributed by atoms with Crippen LogP contribution in [-0.4, -0.2) is 5.78 Å². The molecular weight excluding hydrogens is 224 g/mol. The summed E-state index contributed by atoms with van der Waals surface area (Å²) in [5.41, 5.74) is 1.66. The van der Waals surface area contributed by atoms with E-state index < -0.39 is 0 Å². The number of hydrogen-bond donors (Lipinski definition) is 0. The number of fused-ring (bicyclic) bond motifs is 1. The van der Waals surface area contributed by atoms with Gasteiger partial charge in [0, 0.05) is 17.5 Å². The summed E-state index contributed by atoms with van der Waals surface area (Å²) >= 11 is 0. The highest BCUT2D eigenvalue weighted by atomic mass is 16.5. The van der Waals surface area contributed by atoms with Crippen LogP contribution in [0.25, 0.3) is 6.08 Å². The minimum atomic E-state index is 0.158. The van der Waals surface area contributed by atoms with E-state index in [1.54, 1.807) is 0 Å². The van der Waals surface area contributed by atoms with Crippen molar-refractivity contribution in [1.82, 2.24) is 0 Å². The summed E-state index contributed by atoms with van der Waals surface area (Å²) in [6.45, 7) is 0. The monoisotopic (exact) mass is 238 g/mol. The Balaban J connectivity index is 1.96. The molecule has 0 fully saturated rings. The van der Waals surface area contributed by atoms with Gasteiger partial charge in [-0.15, -0.1) is 0 Å². The molecule has 90 valence electrons. The Hall–Kier alpha value is -2.09. The molecule has 0 aliphatic heterocycles. The van der Waals surface area contributed by atoms with E-state index >= 15 is 0 Å². The number of ether oxygens (including phenoxy) is 1. The van der Waals surface area contributed by atoms with Crippen LogP contribution >= 0.6 is 0 Å². The van der Waals surface area contributed by atoms with Crippen molar-refractivity contribution in [3.05, 3.63) is 59.4 Å². The van der Waals surface area contributed by atoms with Crippen LogP contribution in [0.15, 0.2) is 48.3 Å². The number of ketones is 1. The molecule has 2 nitrogen and oxygen atoms in total. The molecule has 0 amide bonds. The molecule has 2 heteroatoms. The molecule has 0 aromatic heterocycles. The van der Waals surface area contributed by atoms with Gasteiger partial charge in [0.1, 0.15) is 11.5 Å². The standard InChI is InChI=1S/C16H14O2/c17-15-10-4-9-14-13(15)8-5-11-16(14)18-12-6-2-1-3-7-12/h2,4-9,11H,1,3,10H2. The van der Waals surface area contributed by atoms with Gasteiger partial charge >= 0.3 is 0 Å². The number of rotatable bonds is 2. The summed E-state index contributed by atoms with van der Waals surface area (Å²) in [6, 6.07) is 5.64. The largest absolute Gasteiger partial charge is 0.457 e. The van der Waals surface area contributed by atoms with Gasteiger partial charge in [-0.25, -0.2) is 0 Å². The van der Waals surface area contributed by atoms with E-state index in [-0.39, 0.29) is 5.78 Å². The van der Waals surface area contributed by atoms with Crippen LogP contribution in [0.4, 0.5) is 0 Å². The van der Waals surface area contributed by atoms with Crippen molar-refractivity contribution in [3.63, 3.8) is 0 Å². The van der Waals surface area contributed by atoms with Crippen molar-refractivity contribution in [2.45, 2.75) is 19.3 Å². The van der Waals surface area contributed by atoms with E-state index in [0.29, 0.717) is 6.42 Å². The number of carbonyl (C=O) groups is 1. The molecule has 3 rings (SSSR count).